The van der Waals surface area contributed by atoms with E-state index in [1.807, 2.05) is 17.0 Å². The molecule has 3 amide bonds. The number of nitrogens with one attached hydrogen (secondary N) is 2. The summed E-state index contributed by atoms with van der Waals surface area (Å²) in [4.78, 5) is 27.9. The van der Waals surface area contributed by atoms with Crippen molar-refractivity contribution in [3.05, 3.63) is 24.3 Å². The molecular weight excluding hydrogens is 320 g/mol. The van der Waals surface area contributed by atoms with Crippen molar-refractivity contribution in [3.8, 4) is 5.75 Å². The van der Waals surface area contributed by atoms with Crippen LogP contribution in [0.15, 0.2) is 24.3 Å². The first-order chi connectivity index (χ1) is 11.9. The molecule has 0 unspecified atom stereocenters. The first kappa shape index (κ1) is 19.1. The van der Waals surface area contributed by atoms with Crippen LogP contribution in [0.4, 0.5) is 10.5 Å². The molecule has 1 aromatic carbocycles. The Morgan fingerprint density at radius 3 is 2.36 bits per heavy atom. The van der Waals surface area contributed by atoms with Gasteiger partial charge in [-0.3, -0.25) is 15.0 Å². The first-order valence-corrected chi connectivity index (χ1v) is 8.78. The molecular formula is C18H28N4O3. The minimum Gasteiger partial charge on any atom is -0.508 e. The smallest absolute Gasteiger partial charge is 0.321 e. The molecule has 3 N–H and O–H groups in total. The first-order valence-electron chi connectivity index (χ1n) is 8.78. The molecule has 0 bridgehead atoms. The Labute approximate surface area is 149 Å². The number of phenols is 1. The van der Waals surface area contributed by atoms with Crippen molar-refractivity contribution < 1.29 is 14.7 Å². The summed E-state index contributed by atoms with van der Waals surface area (Å²) in [6.07, 6.45) is 0.890. The third-order valence-electron chi connectivity index (χ3n) is 4.21. The molecule has 0 saturated carbocycles. The van der Waals surface area contributed by atoms with E-state index < -0.39 is 6.03 Å². The van der Waals surface area contributed by atoms with Crippen LogP contribution >= 0.6 is 0 Å². The highest BCUT2D eigenvalue weighted by Crippen LogP contribution is 2.19. The molecule has 1 aliphatic rings. The third kappa shape index (κ3) is 6.62. The molecule has 1 saturated heterocycles. The molecule has 1 aromatic rings. The fourth-order valence-corrected chi connectivity index (χ4v) is 2.72. The number of piperazine rings is 1. The van der Waals surface area contributed by atoms with Gasteiger partial charge in [-0.25, -0.2) is 4.79 Å². The van der Waals surface area contributed by atoms with E-state index in [1.165, 1.54) is 0 Å². The summed E-state index contributed by atoms with van der Waals surface area (Å²) in [6.45, 7) is 8.08. The average molecular weight is 348 g/mol. The summed E-state index contributed by atoms with van der Waals surface area (Å²) >= 11 is 0. The highest BCUT2D eigenvalue weighted by molar-refractivity contribution is 5.95. The van der Waals surface area contributed by atoms with Gasteiger partial charge in [-0.2, -0.15) is 0 Å². The maximum Gasteiger partial charge on any atom is 0.321 e. The highest BCUT2D eigenvalue weighted by atomic mass is 16.3. The average Bonchev–Trinajstić information content (AvgIpc) is 2.56. The summed E-state index contributed by atoms with van der Waals surface area (Å²) in [7, 11) is 0. The normalized spacial score (nSPS) is 15.2. The van der Waals surface area contributed by atoms with Crippen molar-refractivity contribution in [3.63, 3.8) is 0 Å². The highest BCUT2D eigenvalue weighted by Gasteiger charge is 2.20. The molecule has 1 fully saturated rings. The second-order valence-corrected chi connectivity index (χ2v) is 6.77. The third-order valence-corrected chi connectivity index (χ3v) is 4.21. The van der Waals surface area contributed by atoms with Crippen LogP contribution in [0.2, 0.25) is 0 Å². The molecule has 0 atom stereocenters. The number of carbonyl (C=O) groups is 2. The number of anilines is 1. The molecule has 0 radical (unpaired) electrons. The van der Waals surface area contributed by atoms with Gasteiger partial charge in [-0.15, -0.1) is 0 Å². The van der Waals surface area contributed by atoms with Gasteiger partial charge in [-0.05, 0) is 36.6 Å². The topological polar surface area (TPSA) is 84.9 Å². The Kier molecular flexibility index (Phi) is 7.06. The van der Waals surface area contributed by atoms with Crippen molar-refractivity contribution >= 4 is 17.6 Å². The zero-order chi connectivity index (χ0) is 18.2. The van der Waals surface area contributed by atoms with E-state index in [0.29, 0.717) is 12.5 Å². The number of phenolic OH excluding ortho intramolecular Hbond substituents is 1. The van der Waals surface area contributed by atoms with Crippen LogP contribution in [-0.4, -0.2) is 61.2 Å². The number of hydrogen-bond donors (Lipinski definition) is 3. The Morgan fingerprint density at radius 2 is 1.76 bits per heavy atom. The van der Waals surface area contributed by atoms with Crippen molar-refractivity contribution in [2.75, 3.05) is 44.2 Å². The van der Waals surface area contributed by atoms with Gasteiger partial charge in [0.1, 0.15) is 5.75 Å². The predicted octanol–water partition coefficient (Wildman–Crippen LogP) is 1.39. The number of rotatable bonds is 6. The van der Waals surface area contributed by atoms with E-state index >= 15 is 0 Å². The van der Waals surface area contributed by atoms with Crippen LogP contribution in [0, 0.1) is 5.92 Å². The Bertz CT molecular complexity index is 566. The number of hydrogen-bond acceptors (Lipinski definition) is 5. The fraction of sp³-hybridized carbons (Fsp3) is 0.556. The molecule has 1 heterocycles. The summed E-state index contributed by atoms with van der Waals surface area (Å²) in [5.41, 5.74) is 1.06. The van der Waals surface area contributed by atoms with Gasteiger partial charge in [0.05, 0.1) is 6.54 Å². The van der Waals surface area contributed by atoms with Gasteiger partial charge < -0.3 is 15.3 Å². The number of carbonyl (C=O) groups excluding carboxylic acids is 2. The largest absolute Gasteiger partial charge is 0.508 e. The number of amides is 3. The second-order valence-electron chi connectivity index (χ2n) is 6.77. The quantitative estimate of drug-likeness (QED) is 0.723. The van der Waals surface area contributed by atoms with E-state index in [0.717, 1.165) is 38.3 Å². The summed E-state index contributed by atoms with van der Waals surface area (Å²) in [6, 6.07) is 6.70. The van der Waals surface area contributed by atoms with E-state index in [4.69, 9.17) is 0 Å². The zero-order valence-corrected chi connectivity index (χ0v) is 15.0. The molecule has 0 aliphatic carbocycles. The lowest BCUT2D eigenvalue weighted by Gasteiger charge is -2.35. The van der Waals surface area contributed by atoms with Gasteiger partial charge in [0.2, 0.25) is 5.91 Å². The van der Waals surface area contributed by atoms with Crippen molar-refractivity contribution in [1.82, 2.24) is 15.5 Å². The van der Waals surface area contributed by atoms with Crippen molar-refractivity contribution in [2.24, 2.45) is 5.92 Å². The van der Waals surface area contributed by atoms with E-state index in [-0.39, 0.29) is 18.2 Å². The van der Waals surface area contributed by atoms with Crippen LogP contribution in [-0.2, 0) is 4.79 Å². The van der Waals surface area contributed by atoms with Crippen LogP contribution in [0.5, 0.6) is 5.75 Å². The lowest BCUT2D eigenvalue weighted by atomic mass is 10.1. The van der Waals surface area contributed by atoms with Gasteiger partial charge in [0.25, 0.3) is 0 Å². The molecule has 0 spiro atoms. The van der Waals surface area contributed by atoms with Crippen molar-refractivity contribution in [2.45, 2.75) is 20.3 Å². The minimum absolute atomic E-state index is 0.223. The molecule has 7 heteroatoms. The number of nitrogens with zero attached hydrogens (tertiary/aromatic N) is 2. The standard InChI is InChI=1S/C18H28N4O3/c1-14(2)7-8-19-18(25)20-17(24)13-21-9-11-22(12-10-21)15-3-5-16(23)6-4-15/h3-6,14,23H,7-13H2,1-2H3,(H2,19,20,24,25). The second kappa shape index (κ2) is 9.27. The molecule has 2 rings (SSSR count). The van der Waals surface area contributed by atoms with Gasteiger partial charge in [0, 0.05) is 38.4 Å². The fourth-order valence-electron chi connectivity index (χ4n) is 2.72. The lowest BCUT2D eigenvalue weighted by Crippen LogP contribution is -2.51. The van der Waals surface area contributed by atoms with Gasteiger partial charge >= 0.3 is 6.03 Å². The van der Waals surface area contributed by atoms with Crippen LogP contribution in [0.3, 0.4) is 0 Å². The number of aromatic hydroxyl groups is 1. The van der Waals surface area contributed by atoms with Gasteiger partial charge in [-0.1, -0.05) is 13.8 Å². The summed E-state index contributed by atoms with van der Waals surface area (Å²) < 4.78 is 0. The molecule has 1 aliphatic heterocycles. The molecule has 25 heavy (non-hydrogen) atoms. The van der Waals surface area contributed by atoms with Gasteiger partial charge in [0.15, 0.2) is 0 Å². The zero-order valence-electron chi connectivity index (χ0n) is 15.0. The summed E-state index contributed by atoms with van der Waals surface area (Å²) in [5, 5.41) is 14.4. The lowest BCUT2D eigenvalue weighted by molar-refractivity contribution is -0.121. The number of urea groups is 1. The monoisotopic (exact) mass is 348 g/mol. The number of imide groups is 1. The Hall–Kier alpha value is -2.28. The molecule has 138 valence electrons. The van der Waals surface area contributed by atoms with E-state index in [2.05, 4.69) is 29.4 Å². The Balaban J connectivity index is 1.68. The Morgan fingerprint density at radius 1 is 1.12 bits per heavy atom. The maximum absolute atomic E-state index is 12.0. The summed E-state index contributed by atoms with van der Waals surface area (Å²) in [5.74, 6) is 0.492. The predicted molar refractivity (Wildman–Crippen MR) is 97.8 cm³/mol. The molecule has 7 nitrogen and oxygen atoms in total. The van der Waals surface area contributed by atoms with Crippen LogP contribution in [0.25, 0.3) is 0 Å². The van der Waals surface area contributed by atoms with Crippen LogP contribution in [0.1, 0.15) is 20.3 Å². The molecule has 0 aromatic heterocycles. The number of benzene rings is 1. The minimum atomic E-state index is -0.423. The van der Waals surface area contributed by atoms with E-state index in [9.17, 15) is 14.7 Å². The SMILES string of the molecule is CC(C)CCNC(=O)NC(=O)CN1CCN(c2ccc(O)cc2)CC1. The van der Waals surface area contributed by atoms with Crippen LogP contribution < -0.4 is 15.5 Å². The van der Waals surface area contributed by atoms with Crippen molar-refractivity contribution in [1.29, 1.82) is 0 Å². The van der Waals surface area contributed by atoms with E-state index in [1.54, 1.807) is 12.1 Å². The maximum atomic E-state index is 12.0.